The van der Waals surface area contributed by atoms with Gasteiger partial charge in [-0.25, -0.2) is 0 Å². The topological polar surface area (TPSA) is 0 Å². The van der Waals surface area contributed by atoms with Crippen molar-refractivity contribution in [3.8, 4) is 22.3 Å². The number of halogens is 3. The van der Waals surface area contributed by atoms with Gasteiger partial charge in [-0.1, -0.05) is 86.1 Å². The quantitative estimate of drug-likeness (QED) is 0.207. The maximum Gasteiger partial charge on any atom is 4.00 e. The summed E-state index contributed by atoms with van der Waals surface area (Å²) >= 11 is 0. The van der Waals surface area contributed by atoms with Gasteiger partial charge in [0, 0.05) is 0 Å². The van der Waals surface area contributed by atoms with Gasteiger partial charge < -0.3 is 37.2 Å². The Hall–Kier alpha value is -0.929. The Bertz CT molecular complexity index is 1030. The number of aryl methyl sites for hydroxylation is 1. The van der Waals surface area contributed by atoms with Crippen molar-refractivity contribution in [2.75, 3.05) is 0 Å². The van der Waals surface area contributed by atoms with Crippen LogP contribution in [0.3, 0.4) is 0 Å². The number of fused-ring (bicyclic) bond motifs is 1. The van der Waals surface area contributed by atoms with Crippen LogP contribution in [0.1, 0.15) is 11.1 Å². The van der Waals surface area contributed by atoms with Gasteiger partial charge in [0.2, 0.25) is 0 Å². The summed E-state index contributed by atoms with van der Waals surface area (Å²) < 4.78 is 0. The molecule has 0 aliphatic rings. The van der Waals surface area contributed by atoms with Gasteiger partial charge in [-0.05, 0) is 26.9 Å². The molecular weight excluding hydrogens is 459 g/mol. The molecule has 0 N–H and O–H groups in total. The third kappa shape index (κ3) is 4.62. The summed E-state index contributed by atoms with van der Waals surface area (Å²) in [6.07, 6.45) is 0. The molecule has 0 spiro atoms. The molecule has 4 aromatic carbocycles. The molecule has 0 heterocycles. The van der Waals surface area contributed by atoms with Crippen LogP contribution in [0.5, 0.6) is 0 Å². The Morgan fingerprint density at radius 1 is 0.714 bits per heavy atom. The molecule has 4 aromatic rings. The van der Waals surface area contributed by atoms with Crippen molar-refractivity contribution in [2.45, 2.75) is 13.8 Å². The predicted octanol–water partition coefficient (Wildman–Crippen LogP) is -3.69. The van der Waals surface area contributed by atoms with Crippen molar-refractivity contribution in [3.05, 3.63) is 83.9 Å². The molecule has 4 rings (SSSR count). The molecule has 0 atom stereocenters. The molecule has 139 valence electrons. The van der Waals surface area contributed by atoms with Crippen LogP contribution in [-0.4, -0.2) is 10.2 Å². The second-order valence-corrected chi connectivity index (χ2v) is 6.77. The monoisotopic (exact) mass is 475 g/mol. The Balaban J connectivity index is 0.00000182. The fraction of sp³-hybridized carbons (Fsp3) is 0.0870. The van der Waals surface area contributed by atoms with E-state index in [1.54, 1.807) is 0 Å². The maximum atomic E-state index is 3.92. The largest absolute Gasteiger partial charge is 4.00 e. The van der Waals surface area contributed by atoms with E-state index in [2.05, 4.69) is 96.9 Å². The van der Waals surface area contributed by atoms with E-state index in [1.807, 2.05) is 0 Å². The van der Waals surface area contributed by atoms with Crippen LogP contribution in [0.2, 0.25) is 0 Å². The van der Waals surface area contributed by atoms with Crippen LogP contribution in [-0.2, 0) is 21.7 Å². The van der Waals surface area contributed by atoms with Crippen molar-refractivity contribution >= 4 is 26.2 Å². The van der Waals surface area contributed by atoms with Gasteiger partial charge in [0.05, 0.1) is 0 Å². The zero-order valence-corrected chi connectivity index (χ0v) is 20.4. The zero-order valence-electron chi connectivity index (χ0n) is 15.6. The molecule has 3 radical (unpaired) electrons. The van der Waals surface area contributed by atoms with Crippen molar-refractivity contribution in [3.63, 3.8) is 0 Å². The van der Waals surface area contributed by atoms with Crippen molar-refractivity contribution < 1.29 is 58.9 Å². The molecule has 0 saturated carbocycles. The first-order valence-corrected chi connectivity index (χ1v) is 8.73. The summed E-state index contributed by atoms with van der Waals surface area (Å²) in [7, 11) is 3.92. The summed E-state index contributed by atoms with van der Waals surface area (Å²) in [6.45, 7) is 4.40. The van der Waals surface area contributed by atoms with Crippen LogP contribution in [0.4, 0.5) is 0 Å². The molecule has 5 heteroatoms. The number of hydrogen-bond acceptors (Lipinski definition) is 0. The van der Waals surface area contributed by atoms with E-state index in [1.165, 1.54) is 49.3 Å². The number of hydrogen-bond donors (Lipinski definition) is 0. The predicted molar refractivity (Wildman–Crippen MR) is 105 cm³/mol. The average Bonchev–Trinajstić information content (AvgIpc) is 2.87. The van der Waals surface area contributed by atoms with Crippen LogP contribution in [0.25, 0.3) is 33.0 Å². The van der Waals surface area contributed by atoms with E-state index in [9.17, 15) is 0 Å². The molecular formula is C23H18Cl3SiTi. The molecule has 0 aliphatic heterocycles. The van der Waals surface area contributed by atoms with Gasteiger partial charge in [0.25, 0.3) is 0 Å². The summed E-state index contributed by atoms with van der Waals surface area (Å²) in [6, 6.07) is 25.8. The normalized spacial score (nSPS) is 9.54. The zero-order chi connectivity index (χ0) is 16.7. The van der Waals surface area contributed by atoms with Gasteiger partial charge in [-0.2, -0.15) is 5.19 Å². The minimum absolute atomic E-state index is 0. The fourth-order valence-corrected chi connectivity index (χ4v) is 3.96. The first kappa shape index (κ1) is 27.1. The average molecular weight is 477 g/mol. The summed E-state index contributed by atoms with van der Waals surface area (Å²) in [4.78, 5) is 0. The third-order valence-electron chi connectivity index (χ3n) is 4.94. The molecule has 0 nitrogen and oxygen atoms in total. The molecule has 0 aromatic heterocycles. The van der Waals surface area contributed by atoms with E-state index >= 15 is 0 Å². The second-order valence-electron chi connectivity index (χ2n) is 6.27. The molecule has 0 saturated heterocycles. The van der Waals surface area contributed by atoms with Crippen LogP contribution in [0.15, 0.2) is 72.8 Å². The first-order chi connectivity index (χ1) is 11.7. The summed E-state index contributed by atoms with van der Waals surface area (Å²) in [5.41, 5.74) is 7.77. The van der Waals surface area contributed by atoms with Crippen LogP contribution in [0, 0.1) is 13.8 Å². The molecule has 0 aliphatic carbocycles. The summed E-state index contributed by atoms with van der Waals surface area (Å²) in [5.74, 6) is 0. The smallest absolute Gasteiger partial charge is 1.00 e. The Morgan fingerprint density at radius 2 is 1.21 bits per heavy atom. The Labute approximate surface area is 204 Å². The van der Waals surface area contributed by atoms with Gasteiger partial charge in [0.15, 0.2) is 0 Å². The Kier molecular flexibility index (Phi) is 10.9. The van der Waals surface area contributed by atoms with Crippen LogP contribution < -0.4 is 42.4 Å². The maximum absolute atomic E-state index is 3.92. The molecule has 0 unspecified atom stereocenters. The minimum atomic E-state index is 0. The van der Waals surface area contributed by atoms with Crippen molar-refractivity contribution in [2.24, 2.45) is 0 Å². The second kappa shape index (κ2) is 11.3. The van der Waals surface area contributed by atoms with E-state index in [0.29, 0.717) is 0 Å². The SMILES string of the molecule is Cc1c([Si])c2c(-c3ccccc3)c(-c3ccccc3)ccc2[c-]1C.[Cl-].[Cl-].[Cl-].[Ti+4]. The molecule has 0 fully saturated rings. The molecule has 28 heavy (non-hydrogen) atoms. The first-order valence-electron chi connectivity index (χ1n) is 8.23. The standard InChI is InChI=1S/C23H18Si.3ClH.Ti/c1-15-16(2)23(24)22-19(15)13-14-20(17-9-5-3-6-10-17)21(22)18-11-7-4-8-12-18;;;;/h3-14H,1-2H3;3*1H;/q-1;;;;+4/p-3. The molecule has 0 amide bonds. The van der Waals surface area contributed by atoms with Crippen molar-refractivity contribution in [1.82, 2.24) is 0 Å². The third-order valence-corrected chi connectivity index (χ3v) is 5.57. The van der Waals surface area contributed by atoms with Crippen molar-refractivity contribution in [1.29, 1.82) is 0 Å². The van der Waals surface area contributed by atoms with Gasteiger partial charge in [0.1, 0.15) is 0 Å². The number of benzene rings is 3. The number of rotatable bonds is 2. The van der Waals surface area contributed by atoms with Gasteiger partial charge in [-0.15, -0.1) is 28.0 Å². The van der Waals surface area contributed by atoms with E-state index < -0.39 is 0 Å². The van der Waals surface area contributed by atoms with E-state index in [0.717, 1.165) is 0 Å². The minimum Gasteiger partial charge on any atom is -1.00 e. The van der Waals surface area contributed by atoms with Gasteiger partial charge >= 0.3 is 21.7 Å². The van der Waals surface area contributed by atoms with E-state index in [-0.39, 0.29) is 58.9 Å². The fourth-order valence-electron chi connectivity index (χ4n) is 3.51. The Morgan fingerprint density at radius 3 is 1.75 bits per heavy atom. The summed E-state index contributed by atoms with van der Waals surface area (Å²) in [5, 5.41) is 3.85. The van der Waals surface area contributed by atoms with Crippen LogP contribution >= 0.6 is 0 Å². The van der Waals surface area contributed by atoms with E-state index in [4.69, 9.17) is 0 Å². The molecule has 0 bridgehead atoms. The van der Waals surface area contributed by atoms with Gasteiger partial charge in [-0.3, -0.25) is 0 Å².